The van der Waals surface area contributed by atoms with E-state index in [0.29, 0.717) is 17.1 Å². The Morgan fingerprint density at radius 3 is 2.35 bits per heavy atom. The molecule has 3 aromatic rings. The molecule has 1 heterocycles. The van der Waals surface area contributed by atoms with Gasteiger partial charge in [0.25, 0.3) is 0 Å². The Hall–Kier alpha value is -3.14. The van der Waals surface area contributed by atoms with E-state index in [2.05, 4.69) is 4.99 Å². The van der Waals surface area contributed by atoms with Gasteiger partial charge in [0.05, 0.1) is 11.9 Å². The number of phenols is 1. The second kappa shape index (κ2) is 6.32. The third-order valence-electron chi connectivity index (χ3n) is 3.39. The molecule has 0 saturated heterocycles. The van der Waals surface area contributed by atoms with Crippen molar-refractivity contribution < 1.29 is 14.3 Å². The summed E-state index contributed by atoms with van der Waals surface area (Å²) in [5, 5.41) is 9.23. The van der Waals surface area contributed by atoms with E-state index in [9.17, 15) is 9.90 Å². The summed E-state index contributed by atoms with van der Waals surface area (Å²) < 4.78 is 5.73. The molecule has 0 aliphatic carbocycles. The SMILES string of the molecule is CC(=O)c1ccc(-c2ccc(C=Nc3ccc(O)cc3)o2)cc1. The van der Waals surface area contributed by atoms with Crippen molar-refractivity contribution in [2.75, 3.05) is 0 Å². The molecule has 3 rings (SSSR count). The van der Waals surface area contributed by atoms with E-state index in [1.165, 1.54) is 0 Å². The van der Waals surface area contributed by atoms with Gasteiger partial charge in [0, 0.05) is 11.1 Å². The van der Waals surface area contributed by atoms with Gasteiger partial charge in [-0.2, -0.15) is 0 Å². The lowest BCUT2D eigenvalue weighted by Gasteiger charge is -1.98. The highest BCUT2D eigenvalue weighted by molar-refractivity contribution is 5.94. The number of carbonyl (C=O) groups excluding carboxylic acids is 1. The summed E-state index contributed by atoms with van der Waals surface area (Å²) in [6, 6.07) is 17.6. The molecule has 0 bridgehead atoms. The van der Waals surface area contributed by atoms with Crippen molar-refractivity contribution in [1.82, 2.24) is 0 Å². The Bertz CT molecular complexity index is 843. The highest BCUT2D eigenvalue weighted by Crippen LogP contribution is 2.23. The average molecular weight is 305 g/mol. The molecule has 4 heteroatoms. The van der Waals surface area contributed by atoms with Crippen molar-refractivity contribution in [3.05, 3.63) is 72.0 Å². The maximum absolute atomic E-state index is 11.3. The van der Waals surface area contributed by atoms with Crippen LogP contribution in [0.25, 0.3) is 11.3 Å². The fraction of sp³-hybridized carbons (Fsp3) is 0.0526. The average Bonchev–Trinajstić information content (AvgIpc) is 3.03. The molecule has 23 heavy (non-hydrogen) atoms. The molecule has 0 amide bonds. The van der Waals surface area contributed by atoms with Crippen LogP contribution < -0.4 is 0 Å². The van der Waals surface area contributed by atoms with E-state index < -0.39 is 0 Å². The minimum Gasteiger partial charge on any atom is -0.508 e. The Balaban J connectivity index is 1.77. The molecule has 0 aliphatic heterocycles. The van der Waals surface area contributed by atoms with Crippen LogP contribution in [0.3, 0.4) is 0 Å². The quantitative estimate of drug-likeness (QED) is 0.565. The molecule has 0 radical (unpaired) electrons. The van der Waals surface area contributed by atoms with E-state index in [-0.39, 0.29) is 11.5 Å². The van der Waals surface area contributed by atoms with Crippen LogP contribution in [0.4, 0.5) is 5.69 Å². The molecule has 0 atom stereocenters. The zero-order chi connectivity index (χ0) is 16.2. The Morgan fingerprint density at radius 1 is 1.00 bits per heavy atom. The van der Waals surface area contributed by atoms with Crippen molar-refractivity contribution in [2.24, 2.45) is 4.99 Å². The number of benzene rings is 2. The number of hydrogen-bond acceptors (Lipinski definition) is 4. The van der Waals surface area contributed by atoms with E-state index in [4.69, 9.17) is 4.42 Å². The zero-order valence-corrected chi connectivity index (χ0v) is 12.6. The van der Waals surface area contributed by atoms with Crippen molar-refractivity contribution in [3.63, 3.8) is 0 Å². The molecule has 114 valence electrons. The monoisotopic (exact) mass is 305 g/mol. The molecular formula is C19H15NO3. The van der Waals surface area contributed by atoms with Crippen molar-refractivity contribution in [1.29, 1.82) is 0 Å². The number of furan rings is 1. The third-order valence-corrected chi connectivity index (χ3v) is 3.39. The summed E-state index contributed by atoms with van der Waals surface area (Å²) in [5.74, 6) is 1.59. The minimum atomic E-state index is 0.0396. The smallest absolute Gasteiger partial charge is 0.159 e. The van der Waals surface area contributed by atoms with Crippen LogP contribution in [0.1, 0.15) is 23.0 Å². The van der Waals surface area contributed by atoms with Crippen molar-refractivity contribution in [3.8, 4) is 17.1 Å². The van der Waals surface area contributed by atoms with Crippen molar-refractivity contribution >= 4 is 17.7 Å². The van der Waals surface area contributed by atoms with E-state index >= 15 is 0 Å². The lowest BCUT2D eigenvalue weighted by atomic mass is 10.1. The predicted octanol–water partition coefficient (Wildman–Crippen LogP) is 4.61. The van der Waals surface area contributed by atoms with Gasteiger partial charge in [-0.15, -0.1) is 0 Å². The predicted molar refractivity (Wildman–Crippen MR) is 89.5 cm³/mol. The number of hydrogen-bond donors (Lipinski definition) is 1. The van der Waals surface area contributed by atoms with Crippen LogP contribution in [0.5, 0.6) is 5.75 Å². The van der Waals surface area contributed by atoms with Gasteiger partial charge in [-0.1, -0.05) is 24.3 Å². The summed E-state index contributed by atoms with van der Waals surface area (Å²) >= 11 is 0. The van der Waals surface area contributed by atoms with E-state index in [0.717, 1.165) is 11.3 Å². The van der Waals surface area contributed by atoms with E-state index in [1.807, 2.05) is 24.3 Å². The number of aliphatic imine (C=N–C) groups is 1. The molecule has 4 nitrogen and oxygen atoms in total. The molecule has 0 aliphatic rings. The fourth-order valence-electron chi connectivity index (χ4n) is 2.12. The molecule has 0 fully saturated rings. The van der Waals surface area contributed by atoms with Crippen LogP contribution in [0, 0.1) is 0 Å². The first kappa shape index (κ1) is 14.8. The number of Topliss-reactive ketones (excluding diaryl/α,β-unsaturated/α-hetero) is 1. The summed E-state index contributed by atoms with van der Waals surface area (Å²) in [5.41, 5.74) is 2.31. The number of aromatic hydroxyl groups is 1. The number of ketones is 1. The van der Waals surface area contributed by atoms with Crippen LogP contribution >= 0.6 is 0 Å². The topological polar surface area (TPSA) is 62.8 Å². The molecule has 2 aromatic carbocycles. The van der Waals surface area contributed by atoms with Crippen molar-refractivity contribution in [2.45, 2.75) is 6.92 Å². The summed E-state index contributed by atoms with van der Waals surface area (Å²) in [7, 11) is 0. The molecule has 0 saturated carbocycles. The first-order valence-corrected chi connectivity index (χ1v) is 7.16. The lowest BCUT2D eigenvalue weighted by Crippen LogP contribution is -1.90. The largest absolute Gasteiger partial charge is 0.508 e. The van der Waals surface area contributed by atoms with Gasteiger partial charge in [0.1, 0.15) is 17.3 Å². The highest BCUT2D eigenvalue weighted by Gasteiger charge is 2.05. The maximum atomic E-state index is 11.3. The zero-order valence-electron chi connectivity index (χ0n) is 12.6. The van der Waals surface area contributed by atoms with Gasteiger partial charge in [-0.25, -0.2) is 0 Å². The number of rotatable bonds is 4. The summed E-state index contributed by atoms with van der Waals surface area (Å²) in [6.07, 6.45) is 1.62. The molecule has 1 aromatic heterocycles. The van der Waals surface area contributed by atoms with Gasteiger partial charge in [-0.3, -0.25) is 9.79 Å². The third kappa shape index (κ3) is 3.55. The molecule has 0 spiro atoms. The first-order valence-electron chi connectivity index (χ1n) is 7.16. The van der Waals surface area contributed by atoms with Gasteiger partial charge < -0.3 is 9.52 Å². The number of nitrogens with zero attached hydrogens (tertiary/aromatic N) is 1. The summed E-state index contributed by atoms with van der Waals surface area (Å²) in [6.45, 7) is 1.54. The van der Waals surface area contributed by atoms with Gasteiger partial charge in [0.15, 0.2) is 5.78 Å². The molecule has 1 N–H and O–H groups in total. The molecular weight excluding hydrogens is 290 g/mol. The second-order valence-corrected chi connectivity index (χ2v) is 5.11. The summed E-state index contributed by atoms with van der Waals surface area (Å²) in [4.78, 5) is 15.6. The van der Waals surface area contributed by atoms with Crippen LogP contribution in [-0.2, 0) is 0 Å². The van der Waals surface area contributed by atoms with Crippen LogP contribution in [-0.4, -0.2) is 17.1 Å². The van der Waals surface area contributed by atoms with Crippen LogP contribution in [0.15, 0.2) is 70.1 Å². The number of carbonyl (C=O) groups is 1. The lowest BCUT2D eigenvalue weighted by molar-refractivity contribution is 0.101. The normalized spacial score (nSPS) is 11.0. The Labute approximate surface area is 133 Å². The standard InChI is InChI=1S/C19H15NO3/c1-13(21)14-2-4-15(5-3-14)19-11-10-18(23-19)12-20-16-6-8-17(22)9-7-16/h2-12,22H,1H3. The van der Waals surface area contributed by atoms with Gasteiger partial charge >= 0.3 is 0 Å². The highest BCUT2D eigenvalue weighted by atomic mass is 16.3. The Morgan fingerprint density at radius 2 is 1.70 bits per heavy atom. The number of phenolic OH excluding ortho intramolecular Hbond substituents is 1. The van der Waals surface area contributed by atoms with Gasteiger partial charge in [-0.05, 0) is 43.3 Å². The maximum Gasteiger partial charge on any atom is 0.159 e. The van der Waals surface area contributed by atoms with Gasteiger partial charge in [0.2, 0.25) is 0 Å². The van der Waals surface area contributed by atoms with Crippen LogP contribution in [0.2, 0.25) is 0 Å². The van der Waals surface area contributed by atoms with E-state index in [1.54, 1.807) is 49.5 Å². The Kier molecular flexibility index (Phi) is 4.06. The first-order chi connectivity index (χ1) is 11.1. The fourth-order valence-corrected chi connectivity index (χ4v) is 2.12. The minimum absolute atomic E-state index is 0.0396. The molecule has 0 unspecified atom stereocenters. The second-order valence-electron chi connectivity index (χ2n) is 5.11.